The maximum Gasteiger partial charge on any atom is 0.262 e. The third-order valence-electron chi connectivity index (χ3n) is 3.30. The fraction of sp³-hybridized carbons (Fsp3) is 0.250. The summed E-state index contributed by atoms with van der Waals surface area (Å²) in [7, 11) is -3.66. The monoisotopic (exact) mass is 323 g/mol. The van der Waals surface area contributed by atoms with Crippen molar-refractivity contribution >= 4 is 27.3 Å². The van der Waals surface area contributed by atoms with Gasteiger partial charge in [0.25, 0.3) is 10.0 Å². The Hall–Kier alpha value is -1.52. The number of halogens is 1. The molecular formula is C16H18ClNO2S. The van der Waals surface area contributed by atoms with E-state index in [-0.39, 0.29) is 4.90 Å². The van der Waals surface area contributed by atoms with Crippen molar-refractivity contribution in [2.24, 2.45) is 0 Å². The van der Waals surface area contributed by atoms with Crippen LogP contribution in [0.15, 0.2) is 35.2 Å². The number of rotatable bonds is 3. The minimum absolute atomic E-state index is 0.276. The molecule has 0 aliphatic carbocycles. The third-order valence-corrected chi connectivity index (χ3v) is 5.09. The first-order valence-corrected chi connectivity index (χ1v) is 8.43. The molecule has 0 spiro atoms. The summed E-state index contributed by atoms with van der Waals surface area (Å²) in [6.45, 7) is 7.39. The average Bonchev–Trinajstić information content (AvgIpc) is 2.36. The summed E-state index contributed by atoms with van der Waals surface area (Å²) in [6, 6.07) is 8.99. The van der Waals surface area contributed by atoms with Crippen LogP contribution in [0.3, 0.4) is 0 Å². The Kier molecular flexibility index (Phi) is 4.30. The normalized spacial score (nSPS) is 11.5. The fourth-order valence-electron chi connectivity index (χ4n) is 2.23. The number of anilines is 1. The van der Waals surface area contributed by atoms with Crippen LogP contribution in [0.2, 0.25) is 5.02 Å². The molecule has 0 unspecified atom stereocenters. The molecule has 3 nitrogen and oxygen atoms in total. The first kappa shape index (κ1) is 15.9. The summed E-state index contributed by atoms with van der Waals surface area (Å²) in [5.74, 6) is 0. The Balaban J connectivity index is 2.50. The molecule has 0 fully saturated rings. The maximum absolute atomic E-state index is 12.6. The Morgan fingerprint density at radius 2 is 1.57 bits per heavy atom. The van der Waals surface area contributed by atoms with Gasteiger partial charge in [-0.2, -0.15) is 0 Å². The first-order valence-electron chi connectivity index (χ1n) is 6.57. The van der Waals surface area contributed by atoms with Crippen LogP contribution >= 0.6 is 11.6 Å². The predicted octanol–water partition coefficient (Wildman–Crippen LogP) is 4.37. The lowest BCUT2D eigenvalue weighted by molar-refractivity contribution is 0.600. The van der Waals surface area contributed by atoms with Crippen LogP contribution in [0.1, 0.15) is 22.3 Å². The van der Waals surface area contributed by atoms with Crippen LogP contribution in [0.25, 0.3) is 0 Å². The van der Waals surface area contributed by atoms with Crippen molar-refractivity contribution in [3.63, 3.8) is 0 Å². The van der Waals surface area contributed by atoms with Crippen LogP contribution in [-0.2, 0) is 10.0 Å². The second kappa shape index (κ2) is 5.70. The van der Waals surface area contributed by atoms with E-state index in [2.05, 4.69) is 4.72 Å². The van der Waals surface area contributed by atoms with E-state index in [1.165, 1.54) is 0 Å². The molecular weight excluding hydrogens is 306 g/mol. The van der Waals surface area contributed by atoms with Crippen LogP contribution in [0.4, 0.5) is 5.69 Å². The molecule has 5 heteroatoms. The SMILES string of the molecule is Cc1cc(C)c(NS(=O)(=O)c2cc(C)ccc2C)c(Cl)c1. The summed E-state index contributed by atoms with van der Waals surface area (Å²) < 4.78 is 27.8. The number of hydrogen-bond acceptors (Lipinski definition) is 2. The van der Waals surface area contributed by atoms with Crippen molar-refractivity contribution in [2.45, 2.75) is 32.6 Å². The topological polar surface area (TPSA) is 46.2 Å². The van der Waals surface area contributed by atoms with Gasteiger partial charge in [0.1, 0.15) is 0 Å². The molecule has 2 aromatic rings. The lowest BCUT2D eigenvalue weighted by atomic mass is 10.1. The minimum Gasteiger partial charge on any atom is -0.278 e. The van der Waals surface area contributed by atoms with Gasteiger partial charge < -0.3 is 0 Å². The first-order chi connectivity index (χ1) is 9.70. The van der Waals surface area contributed by atoms with Crippen LogP contribution in [0.5, 0.6) is 0 Å². The van der Waals surface area contributed by atoms with Crippen LogP contribution in [-0.4, -0.2) is 8.42 Å². The standard InChI is InChI=1S/C16H18ClNO2S/c1-10-5-6-12(3)15(9-10)21(19,20)18-16-13(4)7-11(2)8-14(16)17/h5-9,18H,1-4H3. The molecule has 0 saturated heterocycles. The number of aryl methyl sites for hydroxylation is 4. The highest BCUT2D eigenvalue weighted by Crippen LogP contribution is 2.30. The molecule has 0 atom stereocenters. The lowest BCUT2D eigenvalue weighted by Crippen LogP contribution is -2.15. The summed E-state index contributed by atoms with van der Waals surface area (Å²) in [5.41, 5.74) is 3.82. The van der Waals surface area contributed by atoms with E-state index in [9.17, 15) is 8.42 Å². The van der Waals surface area contributed by atoms with Gasteiger partial charge in [0.15, 0.2) is 0 Å². The van der Waals surface area contributed by atoms with E-state index < -0.39 is 10.0 Å². The van der Waals surface area contributed by atoms with Crippen LogP contribution < -0.4 is 4.72 Å². The van der Waals surface area contributed by atoms with Gasteiger partial charge in [-0.15, -0.1) is 0 Å². The van der Waals surface area contributed by atoms with Gasteiger partial charge >= 0.3 is 0 Å². The Labute approximate surface area is 131 Å². The molecule has 2 rings (SSSR count). The van der Waals surface area contributed by atoms with Crippen molar-refractivity contribution in [1.29, 1.82) is 0 Å². The van der Waals surface area contributed by atoms with E-state index in [1.54, 1.807) is 25.1 Å². The number of sulfonamides is 1. The molecule has 0 aliphatic rings. The molecule has 0 aromatic heterocycles. The van der Waals surface area contributed by atoms with E-state index in [4.69, 9.17) is 11.6 Å². The third kappa shape index (κ3) is 3.39. The number of hydrogen-bond donors (Lipinski definition) is 1. The maximum atomic E-state index is 12.6. The van der Waals surface area contributed by atoms with E-state index >= 15 is 0 Å². The van der Waals surface area contributed by atoms with Gasteiger partial charge in [0.05, 0.1) is 15.6 Å². The fourth-order valence-corrected chi connectivity index (χ4v) is 4.14. The molecule has 112 valence electrons. The van der Waals surface area contributed by atoms with Gasteiger partial charge in [0, 0.05) is 0 Å². The predicted molar refractivity (Wildman–Crippen MR) is 87.7 cm³/mol. The second-order valence-electron chi connectivity index (χ2n) is 5.31. The highest BCUT2D eigenvalue weighted by molar-refractivity contribution is 7.92. The van der Waals surface area contributed by atoms with Gasteiger partial charge in [-0.25, -0.2) is 8.42 Å². The number of nitrogens with one attached hydrogen (secondary N) is 1. The summed E-state index contributed by atoms with van der Waals surface area (Å²) in [4.78, 5) is 0.276. The minimum atomic E-state index is -3.66. The van der Waals surface area contributed by atoms with Crippen molar-refractivity contribution in [3.8, 4) is 0 Å². The second-order valence-corrected chi connectivity index (χ2v) is 7.37. The van der Waals surface area contributed by atoms with Crippen LogP contribution in [0, 0.1) is 27.7 Å². The molecule has 0 bridgehead atoms. The summed E-state index contributed by atoms with van der Waals surface area (Å²) in [6.07, 6.45) is 0. The average molecular weight is 324 g/mol. The molecule has 0 aliphatic heterocycles. The van der Waals surface area contributed by atoms with Crippen molar-refractivity contribution in [2.75, 3.05) is 4.72 Å². The molecule has 0 heterocycles. The molecule has 0 amide bonds. The van der Waals surface area contributed by atoms with Gasteiger partial charge in [-0.1, -0.05) is 29.8 Å². The Bertz CT molecular complexity index is 775. The summed E-state index contributed by atoms with van der Waals surface area (Å²) >= 11 is 6.17. The van der Waals surface area contributed by atoms with E-state index in [0.29, 0.717) is 16.3 Å². The molecule has 21 heavy (non-hydrogen) atoms. The molecule has 2 aromatic carbocycles. The zero-order valence-corrected chi connectivity index (χ0v) is 14.1. The Morgan fingerprint density at radius 1 is 0.905 bits per heavy atom. The van der Waals surface area contributed by atoms with Gasteiger partial charge in [-0.05, 0) is 62.1 Å². The lowest BCUT2D eigenvalue weighted by Gasteiger charge is -2.15. The Morgan fingerprint density at radius 3 is 2.19 bits per heavy atom. The van der Waals surface area contributed by atoms with Crippen molar-refractivity contribution in [3.05, 3.63) is 57.6 Å². The zero-order valence-electron chi connectivity index (χ0n) is 12.5. The largest absolute Gasteiger partial charge is 0.278 e. The number of benzene rings is 2. The highest BCUT2D eigenvalue weighted by Gasteiger charge is 2.19. The van der Waals surface area contributed by atoms with Gasteiger partial charge in [-0.3, -0.25) is 4.72 Å². The summed E-state index contributed by atoms with van der Waals surface area (Å²) in [5, 5.41) is 0.404. The van der Waals surface area contributed by atoms with Crippen molar-refractivity contribution in [1.82, 2.24) is 0 Å². The smallest absolute Gasteiger partial charge is 0.262 e. The van der Waals surface area contributed by atoms with Gasteiger partial charge in [0.2, 0.25) is 0 Å². The van der Waals surface area contributed by atoms with Crippen molar-refractivity contribution < 1.29 is 8.42 Å². The molecule has 0 saturated carbocycles. The zero-order chi connectivity index (χ0) is 15.8. The highest BCUT2D eigenvalue weighted by atomic mass is 35.5. The molecule has 0 radical (unpaired) electrons. The van der Waals surface area contributed by atoms with E-state index in [0.717, 1.165) is 16.7 Å². The van der Waals surface area contributed by atoms with E-state index in [1.807, 2.05) is 32.9 Å². The quantitative estimate of drug-likeness (QED) is 0.911. The molecule has 1 N–H and O–H groups in total.